The first kappa shape index (κ1) is 7.80. The highest BCUT2D eigenvalue weighted by Gasteiger charge is 2.32. The fourth-order valence-electron chi connectivity index (χ4n) is 2.28. The van der Waals surface area contributed by atoms with Crippen LogP contribution in [0.2, 0.25) is 0 Å². The number of carbonyl (C=O) groups is 1. The number of rotatable bonds is 1. The van der Waals surface area contributed by atoms with E-state index in [0.717, 1.165) is 31.5 Å². The summed E-state index contributed by atoms with van der Waals surface area (Å²) in [6.07, 6.45) is 4.73. The van der Waals surface area contributed by atoms with Crippen LogP contribution >= 0.6 is 0 Å². The van der Waals surface area contributed by atoms with Gasteiger partial charge in [0.15, 0.2) is 0 Å². The smallest absolute Gasteiger partial charge is 0.328 e. The third kappa shape index (κ3) is 1.25. The lowest BCUT2D eigenvalue weighted by Crippen LogP contribution is -2.22. The Morgan fingerprint density at radius 2 is 2.42 bits per heavy atom. The average molecular weight is 167 g/mol. The van der Waals surface area contributed by atoms with Gasteiger partial charge >= 0.3 is 5.97 Å². The molecular formula is C9H13NO2. The zero-order chi connectivity index (χ0) is 8.55. The van der Waals surface area contributed by atoms with Crippen molar-refractivity contribution in [1.29, 1.82) is 0 Å². The van der Waals surface area contributed by atoms with Gasteiger partial charge in [-0.25, -0.2) is 4.79 Å². The summed E-state index contributed by atoms with van der Waals surface area (Å²) in [4.78, 5) is 12.8. The molecule has 12 heavy (non-hydrogen) atoms. The van der Waals surface area contributed by atoms with Crippen LogP contribution in [0.5, 0.6) is 0 Å². The van der Waals surface area contributed by atoms with Gasteiger partial charge in [0.1, 0.15) is 0 Å². The molecule has 3 nitrogen and oxygen atoms in total. The van der Waals surface area contributed by atoms with Crippen LogP contribution in [0.1, 0.15) is 19.3 Å². The summed E-state index contributed by atoms with van der Waals surface area (Å²) in [5, 5.41) is 8.60. The lowest BCUT2D eigenvalue weighted by Gasteiger charge is -2.13. The minimum absolute atomic E-state index is 0.459. The molecule has 2 heterocycles. The zero-order valence-electron chi connectivity index (χ0n) is 6.99. The molecule has 0 aromatic carbocycles. The highest BCUT2D eigenvalue weighted by atomic mass is 16.4. The van der Waals surface area contributed by atoms with E-state index in [0.29, 0.717) is 6.04 Å². The largest absolute Gasteiger partial charge is 0.478 e. The molecule has 2 saturated heterocycles. The number of aliphatic carboxylic acids is 1. The fraction of sp³-hybridized carbons (Fsp3) is 0.667. The Labute approximate surface area is 71.7 Å². The summed E-state index contributed by atoms with van der Waals surface area (Å²) in [6.45, 7) is 2.21. The molecule has 3 heteroatoms. The van der Waals surface area contributed by atoms with Crippen molar-refractivity contribution in [3.8, 4) is 0 Å². The molecule has 1 atom stereocenters. The highest BCUT2D eigenvalue weighted by molar-refractivity contribution is 5.81. The lowest BCUT2D eigenvalue weighted by molar-refractivity contribution is -0.131. The zero-order valence-corrected chi connectivity index (χ0v) is 6.99. The van der Waals surface area contributed by atoms with Crippen LogP contribution in [0.15, 0.2) is 11.6 Å². The van der Waals surface area contributed by atoms with Crippen LogP contribution in [0.25, 0.3) is 0 Å². The van der Waals surface area contributed by atoms with Crippen molar-refractivity contribution >= 4 is 5.97 Å². The molecule has 2 fully saturated rings. The molecule has 2 aliphatic heterocycles. The van der Waals surface area contributed by atoms with Gasteiger partial charge in [0.25, 0.3) is 0 Å². The Hall–Kier alpha value is -0.830. The molecule has 0 spiro atoms. The average Bonchev–Trinajstić information content (AvgIpc) is 2.52. The van der Waals surface area contributed by atoms with Crippen molar-refractivity contribution in [3.05, 3.63) is 11.6 Å². The molecule has 0 amide bonds. The number of carboxylic acids is 1. The SMILES string of the molecule is O=C(O)/C=C1/CCN2CCCC12. The highest BCUT2D eigenvalue weighted by Crippen LogP contribution is 2.31. The number of hydrogen-bond donors (Lipinski definition) is 1. The van der Waals surface area contributed by atoms with Crippen LogP contribution < -0.4 is 0 Å². The number of nitrogens with zero attached hydrogens (tertiary/aromatic N) is 1. The molecule has 0 aromatic heterocycles. The molecule has 66 valence electrons. The Kier molecular flexibility index (Phi) is 1.89. The van der Waals surface area contributed by atoms with Crippen LogP contribution in [0.4, 0.5) is 0 Å². The van der Waals surface area contributed by atoms with Crippen molar-refractivity contribution in [3.63, 3.8) is 0 Å². The van der Waals surface area contributed by atoms with Crippen LogP contribution in [0.3, 0.4) is 0 Å². The maximum absolute atomic E-state index is 10.4. The van der Waals surface area contributed by atoms with E-state index in [1.165, 1.54) is 12.5 Å². The van der Waals surface area contributed by atoms with E-state index in [1.807, 2.05) is 0 Å². The molecule has 1 N–H and O–H groups in total. The summed E-state index contributed by atoms with van der Waals surface area (Å²) in [5.41, 5.74) is 1.12. The van der Waals surface area contributed by atoms with Crippen molar-refractivity contribution in [1.82, 2.24) is 4.90 Å². The Morgan fingerprint density at radius 3 is 3.17 bits per heavy atom. The number of hydrogen-bond acceptors (Lipinski definition) is 2. The molecule has 0 radical (unpaired) electrons. The predicted molar refractivity (Wildman–Crippen MR) is 44.9 cm³/mol. The summed E-state index contributed by atoms with van der Waals surface area (Å²) >= 11 is 0. The standard InChI is InChI=1S/C9H13NO2/c11-9(12)6-7-3-5-10-4-1-2-8(7)10/h6,8H,1-5H2,(H,11,12)/b7-6-. The van der Waals surface area contributed by atoms with Crippen LogP contribution in [0, 0.1) is 0 Å². The second kappa shape index (κ2) is 2.90. The molecule has 0 bridgehead atoms. The summed E-state index contributed by atoms with van der Waals surface area (Å²) in [6, 6.07) is 0.459. The minimum Gasteiger partial charge on any atom is -0.478 e. The third-order valence-electron chi connectivity index (χ3n) is 2.79. The molecule has 0 aromatic rings. The second-order valence-electron chi connectivity index (χ2n) is 3.50. The van der Waals surface area contributed by atoms with Gasteiger partial charge in [-0.3, -0.25) is 4.90 Å². The van der Waals surface area contributed by atoms with Crippen molar-refractivity contribution in [2.75, 3.05) is 13.1 Å². The molecule has 2 rings (SSSR count). The monoisotopic (exact) mass is 167 g/mol. The van der Waals surface area contributed by atoms with Crippen molar-refractivity contribution in [2.45, 2.75) is 25.3 Å². The second-order valence-corrected chi connectivity index (χ2v) is 3.50. The Balaban J connectivity index is 2.13. The van der Waals surface area contributed by atoms with E-state index < -0.39 is 5.97 Å². The quantitative estimate of drug-likeness (QED) is 0.589. The molecule has 1 unspecified atom stereocenters. The van der Waals surface area contributed by atoms with E-state index >= 15 is 0 Å². The first-order chi connectivity index (χ1) is 5.77. The Morgan fingerprint density at radius 1 is 1.58 bits per heavy atom. The first-order valence-electron chi connectivity index (χ1n) is 4.45. The number of carboxylic acid groups (broad SMARTS) is 1. The first-order valence-corrected chi connectivity index (χ1v) is 4.45. The lowest BCUT2D eigenvalue weighted by atomic mass is 10.1. The van der Waals surface area contributed by atoms with Gasteiger partial charge < -0.3 is 5.11 Å². The van der Waals surface area contributed by atoms with Crippen LogP contribution in [-0.4, -0.2) is 35.1 Å². The predicted octanol–water partition coefficient (Wildman–Crippen LogP) is 0.866. The van der Waals surface area contributed by atoms with Crippen molar-refractivity contribution < 1.29 is 9.90 Å². The molecule has 2 aliphatic rings. The van der Waals surface area contributed by atoms with Gasteiger partial charge in [0.05, 0.1) is 0 Å². The Bertz CT molecular complexity index is 235. The topological polar surface area (TPSA) is 40.5 Å². The summed E-state index contributed by atoms with van der Waals surface area (Å²) < 4.78 is 0. The van der Waals surface area contributed by atoms with E-state index in [-0.39, 0.29) is 0 Å². The maximum Gasteiger partial charge on any atom is 0.328 e. The maximum atomic E-state index is 10.4. The van der Waals surface area contributed by atoms with E-state index in [4.69, 9.17) is 5.11 Å². The van der Waals surface area contributed by atoms with Gasteiger partial charge in [-0.05, 0) is 31.4 Å². The fourth-order valence-corrected chi connectivity index (χ4v) is 2.28. The van der Waals surface area contributed by atoms with Crippen LogP contribution in [-0.2, 0) is 4.79 Å². The van der Waals surface area contributed by atoms with Gasteiger partial charge in [0.2, 0.25) is 0 Å². The molecular weight excluding hydrogens is 154 g/mol. The normalized spacial score (nSPS) is 32.7. The number of fused-ring (bicyclic) bond motifs is 1. The van der Waals surface area contributed by atoms with E-state index in [9.17, 15) is 4.79 Å². The van der Waals surface area contributed by atoms with Crippen molar-refractivity contribution in [2.24, 2.45) is 0 Å². The molecule has 0 saturated carbocycles. The van der Waals surface area contributed by atoms with Gasteiger partial charge in [-0.1, -0.05) is 0 Å². The minimum atomic E-state index is -0.793. The molecule has 0 aliphatic carbocycles. The van der Waals surface area contributed by atoms with E-state index in [2.05, 4.69) is 4.90 Å². The van der Waals surface area contributed by atoms with Gasteiger partial charge in [-0.2, -0.15) is 0 Å². The van der Waals surface area contributed by atoms with E-state index in [1.54, 1.807) is 0 Å². The third-order valence-corrected chi connectivity index (χ3v) is 2.79. The summed E-state index contributed by atoms with van der Waals surface area (Å²) in [7, 11) is 0. The van der Waals surface area contributed by atoms with Gasteiger partial charge in [0, 0.05) is 18.7 Å². The van der Waals surface area contributed by atoms with Gasteiger partial charge in [-0.15, -0.1) is 0 Å². The summed E-state index contributed by atoms with van der Waals surface area (Å²) in [5.74, 6) is -0.793.